The molecule has 0 N–H and O–H groups in total. The minimum absolute atomic E-state index is 0.132. The van der Waals surface area contributed by atoms with Crippen LogP contribution >= 0.6 is 11.6 Å². The molecule has 1 aromatic rings. The fourth-order valence-electron chi connectivity index (χ4n) is 4.38. The molecule has 1 aromatic heterocycles. The molecule has 1 saturated carbocycles. The lowest BCUT2D eigenvalue weighted by Gasteiger charge is -2.48. The van der Waals surface area contributed by atoms with Crippen LogP contribution in [-0.2, 0) is 14.3 Å². The summed E-state index contributed by atoms with van der Waals surface area (Å²) in [6.07, 6.45) is 8.08. The molecule has 4 rings (SSSR count). The molecular weight excluding hydrogens is 368 g/mol. The number of aromatic nitrogens is 2. The second-order valence-corrected chi connectivity index (χ2v) is 8.21. The summed E-state index contributed by atoms with van der Waals surface area (Å²) in [6.45, 7) is 3.51. The van der Waals surface area contributed by atoms with Crippen molar-refractivity contribution in [2.24, 2.45) is 5.92 Å². The van der Waals surface area contributed by atoms with Gasteiger partial charge in [0, 0.05) is 33.3 Å². The molecule has 0 bridgehead atoms. The van der Waals surface area contributed by atoms with Crippen LogP contribution in [0.4, 0.5) is 5.82 Å². The fourth-order valence-corrected chi connectivity index (χ4v) is 4.52. The molecular formula is C19H27ClN4O3. The maximum Gasteiger partial charge on any atom is 0.252 e. The van der Waals surface area contributed by atoms with Gasteiger partial charge in [0.15, 0.2) is 0 Å². The molecule has 2 saturated heterocycles. The van der Waals surface area contributed by atoms with Gasteiger partial charge in [0.05, 0.1) is 24.6 Å². The third-order valence-electron chi connectivity index (χ3n) is 6.23. The smallest absolute Gasteiger partial charge is 0.252 e. The first kappa shape index (κ1) is 18.9. The highest BCUT2D eigenvalue weighted by Crippen LogP contribution is 2.35. The molecule has 0 aromatic carbocycles. The Hall–Kier alpha value is -1.44. The van der Waals surface area contributed by atoms with E-state index in [1.807, 2.05) is 4.90 Å². The average Bonchev–Trinajstić information content (AvgIpc) is 2.64. The molecule has 0 radical (unpaired) electrons. The topological polar surface area (TPSA) is 67.8 Å². The zero-order valence-electron chi connectivity index (χ0n) is 15.8. The number of carbonyl (C=O) groups excluding carboxylic acids is 1. The average molecular weight is 395 g/mol. The van der Waals surface area contributed by atoms with E-state index in [-0.39, 0.29) is 17.6 Å². The van der Waals surface area contributed by atoms with E-state index in [9.17, 15) is 4.79 Å². The van der Waals surface area contributed by atoms with Gasteiger partial charge in [-0.1, -0.05) is 18.0 Å². The normalized spacial score (nSPS) is 23.9. The van der Waals surface area contributed by atoms with E-state index in [2.05, 4.69) is 14.9 Å². The van der Waals surface area contributed by atoms with Crippen molar-refractivity contribution in [3.05, 3.63) is 17.5 Å². The van der Waals surface area contributed by atoms with Crippen molar-refractivity contribution in [1.82, 2.24) is 14.9 Å². The van der Waals surface area contributed by atoms with Crippen LogP contribution < -0.4 is 4.90 Å². The number of hydrogen-bond donors (Lipinski definition) is 0. The van der Waals surface area contributed by atoms with Gasteiger partial charge >= 0.3 is 0 Å². The van der Waals surface area contributed by atoms with E-state index >= 15 is 0 Å². The van der Waals surface area contributed by atoms with Gasteiger partial charge < -0.3 is 19.3 Å². The van der Waals surface area contributed by atoms with E-state index in [4.69, 9.17) is 21.1 Å². The first-order valence-corrected chi connectivity index (χ1v) is 10.2. The van der Waals surface area contributed by atoms with Crippen LogP contribution in [0.1, 0.15) is 32.1 Å². The predicted octanol–water partition coefficient (Wildman–Crippen LogP) is 2.14. The standard InChI is InChI=1S/C19H27ClN4O3/c1-26-17(14-3-2-4-14)18(25)24-9-10-27-19(13-24)5-7-23(8-6-19)16-12-21-11-15(20)22-16/h11-12,14,17H,2-10,13H2,1H3. The van der Waals surface area contributed by atoms with Crippen LogP contribution in [0, 0.1) is 5.92 Å². The molecule has 3 heterocycles. The number of morpholine rings is 1. The monoisotopic (exact) mass is 394 g/mol. The van der Waals surface area contributed by atoms with E-state index < -0.39 is 0 Å². The van der Waals surface area contributed by atoms with E-state index in [1.165, 1.54) is 6.42 Å². The van der Waals surface area contributed by atoms with Crippen molar-refractivity contribution < 1.29 is 14.3 Å². The lowest BCUT2D eigenvalue weighted by molar-refractivity contribution is -0.167. The van der Waals surface area contributed by atoms with Gasteiger partial charge in [-0.05, 0) is 31.6 Å². The molecule has 1 unspecified atom stereocenters. The highest BCUT2D eigenvalue weighted by Gasteiger charge is 2.44. The number of hydrogen-bond acceptors (Lipinski definition) is 6. The Kier molecular flexibility index (Phi) is 5.53. The maximum absolute atomic E-state index is 13.0. The number of nitrogens with zero attached hydrogens (tertiary/aromatic N) is 4. The summed E-state index contributed by atoms with van der Waals surface area (Å²) in [6, 6.07) is 0. The minimum Gasteiger partial charge on any atom is -0.371 e. The second-order valence-electron chi connectivity index (χ2n) is 7.83. The number of halogens is 1. The number of ether oxygens (including phenoxy) is 2. The highest BCUT2D eigenvalue weighted by atomic mass is 35.5. The van der Waals surface area contributed by atoms with E-state index in [1.54, 1.807) is 19.5 Å². The zero-order chi connectivity index (χ0) is 18.9. The van der Waals surface area contributed by atoms with Crippen LogP contribution in [0.2, 0.25) is 5.15 Å². The third-order valence-corrected chi connectivity index (χ3v) is 6.41. The summed E-state index contributed by atoms with van der Waals surface area (Å²) in [7, 11) is 1.65. The van der Waals surface area contributed by atoms with Crippen LogP contribution in [0.15, 0.2) is 12.4 Å². The Morgan fingerprint density at radius 3 is 2.74 bits per heavy atom. The van der Waals surface area contributed by atoms with Gasteiger partial charge in [0.2, 0.25) is 0 Å². The van der Waals surface area contributed by atoms with Gasteiger partial charge in [-0.2, -0.15) is 0 Å². The molecule has 3 aliphatic rings. The Balaban J connectivity index is 1.39. The van der Waals surface area contributed by atoms with Crippen LogP contribution in [0.5, 0.6) is 0 Å². The lowest BCUT2D eigenvalue weighted by atomic mass is 9.80. The molecule has 1 atom stereocenters. The lowest BCUT2D eigenvalue weighted by Crippen LogP contribution is -2.60. The van der Waals surface area contributed by atoms with Crippen LogP contribution in [-0.4, -0.2) is 72.4 Å². The summed E-state index contributed by atoms with van der Waals surface area (Å²) < 4.78 is 11.7. The number of amides is 1. The third kappa shape index (κ3) is 3.91. The van der Waals surface area contributed by atoms with Gasteiger partial charge in [-0.15, -0.1) is 0 Å². The molecule has 1 aliphatic carbocycles. The SMILES string of the molecule is COC(C(=O)N1CCOC2(CCN(c3cncc(Cl)n3)CC2)C1)C1CCC1. The predicted molar refractivity (Wildman–Crippen MR) is 102 cm³/mol. The minimum atomic E-state index is -0.296. The largest absolute Gasteiger partial charge is 0.371 e. The van der Waals surface area contributed by atoms with E-state index in [0.717, 1.165) is 44.6 Å². The van der Waals surface area contributed by atoms with Crippen LogP contribution in [0.25, 0.3) is 0 Å². The summed E-state index contributed by atoms with van der Waals surface area (Å²) in [4.78, 5) is 25.6. The molecule has 148 valence electrons. The van der Waals surface area contributed by atoms with Crippen molar-refractivity contribution in [1.29, 1.82) is 0 Å². The number of carbonyl (C=O) groups is 1. The number of anilines is 1. The quantitative estimate of drug-likeness (QED) is 0.779. The van der Waals surface area contributed by atoms with Crippen LogP contribution in [0.3, 0.4) is 0 Å². The number of piperidine rings is 1. The molecule has 2 aliphatic heterocycles. The van der Waals surface area contributed by atoms with Gasteiger partial charge in [-0.3, -0.25) is 9.78 Å². The summed E-state index contributed by atoms with van der Waals surface area (Å²) in [5, 5.41) is 0.403. The fraction of sp³-hybridized carbons (Fsp3) is 0.737. The van der Waals surface area contributed by atoms with Crippen molar-refractivity contribution in [3.8, 4) is 0 Å². The number of rotatable bonds is 4. The second kappa shape index (κ2) is 7.89. The van der Waals surface area contributed by atoms with Crippen molar-refractivity contribution in [2.75, 3.05) is 44.8 Å². The van der Waals surface area contributed by atoms with Gasteiger partial charge in [0.25, 0.3) is 5.91 Å². The molecule has 1 spiro atoms. The molecule has 27 heavy (non-hydrogen) atoms. The zero-order valence-corrected chi connectivity index (χ0v) is 16.5. The maximum atomic E-state index is 13.0. The Morgan fingerprint density at radius 1 is 1.33 bits per heavy atom. The summed E-state index contributed by atoms with van der Waals surface area (Å²) >= 11 is 5.96. The Bertz CT molecular complexity index is 677. The highest BCUT2D eigenvalue weighted by molar-refractivity contribution is 6.29. The van der Waals surface area contributed by atoms with Gasteiger partial charge in [0.1, 0.15) is 17.1 Å². The van der Waals surface area contributed by atoms with E-state index in [0.29, 0.717) is 30.8 Å². The number of methoxy groups -OCH3 is 1. The van der Waals surface area contributed by atoms with Crippen molar-refractivity contribution in [3.63, 3.8) is 0 Å². The molecule has 1 amide bonds. The summed E-state index contributed by atoms with van der Waals surface area (Å²) in [5.74, 6) is 1.31. The first-order chi connectivity index (χ1) is 13.1. The molecule has 7 nitrogen and oxygen atoms in total. The van der Waals surface area contributed by atoms with Crippen molar-refractivity contribution >= 4 is 23.3 Å². The Morgan fingerprint density at radius 2 is 2.11 bits per heavy atom. The van der Waals surface area contributed by atoms with Crippen molar-refractivity contribution in [2.45, 2.75) is 43.8 Å². The van der Waals surface area contributed by atoms with Gasteiger partial charge in [-0.25, -0.2) is 4.98 Å². The first-order valence-electron chi connectivity index (χ1n) is 9.78. The molecule has 3 fully saturated rings. The summed E-state index contributed by atoms with van der Waals surface area (Å²) in [5.41, 5.74) is -0.270. The molecule has 8 heteroatoms. The Labute approximate surface area is 165 Å².